The number of amides is 1. The Hall–Kier alpha value is -1.16. The predicted octanol–water partition coefficient (Wildman–Crippen LogP) is 2.69. The number of hydrogen-bond donors (Lipinski definition) is 1. The van der Waals surface area contributed by atoms with Crippen LogP contribution in [0.3, 0.4) is 0 Å². The summed E-state index contributed by atoms with van der Waals surface area (Å²) in [4.78, 5) is 23.2. The number of rotatable bonds is 5. The Balaban J connectivity index is 1.79. The molecule has 1 aromatic rings. The number of carbonyl (C=O) groups excluding carboxylic acids is 2. The molecule has 0 radical (unpaired) electrons. The zero-order valence-electron chi connectivity index (χ0n) is 9.41. The van der Waals surface area contributed by atoms with Crippen molar-refractivity contribution in [2.75, 3.05) is 0 Å². The minimum atomic E-state index is -0.0158. The average molecular weight is 296 g/mol. The summed E-state index contributed by atoms with van der Waals surface area (Å²) in [5.41, 5.74) is 0.660. The van der Waals surface area contributed by atoms with Crippen molar-refractivity contribution in [1.29, 1.82) is 0 Å². The van der Waals surface area contributed by atoms with Crippen molar-refractivity contribution in [3.8, 4) is 0 Å². The number of nitrogens with one attached hydrogen (secondary N) is 1. The molecule has 0 saturated heterocycles. The lowest BCUT2D eigenvalue weighted by atomic mass is 10.1. The van der Waals surface area contributed by atoms with E-state index in [2.05, 4.69) is 21.2 Å². The van der Waals surface area contributed by atoms with Gasteiger partial charge in [0.1, 0.15) is 0 Å². The van der Waals surface area contributed by atoms with Gasteiger partial charge in [-0.2, -0.15) is 0 Å². The van der Waals surface area contributed by atoms with Gasteiger partial charge in [0.2, 0.25) is 5.91 Å². The molecule has 1 fully saturated rings. The molecule has 0 unspecified atom stereocenters. The molecule has 0 bridgehead atoms. The van der Waals surface area contributed by atoms with Gasteiger partial charge in [-0.05, 0) is 25.0 Å². The number of hydrogen-bond acceptors (Lipinski definition) is 2. The first-order valence-corrected chi connectivity index (χ1v) is 6.52. The molecule has 1 amide bonds. The van der Waals surface area contributed by atoms with Crippen molar-refractivity contribution >= 4 is 27.6 Å². The number of carbonyl (C=O) groups is 2. The van der Waals surface area contributed by atoms with Crippen LogP contribution >= 0.6 is 15.9 Å². The molecule has 1 N–H and O–H groups in total. The maximum absolute atomic E-state index is 11.8. The quantitative estimate of drug-likeness (QED) is 0.849. The molecule has 0 aromatic heterocycles. The summed E-state index contributed by atoms with van der Waals surface area (Å²) in [6.07, 6.45) is 2.71. The third kappa shape index (κ3) is 3.97. The molecule has 1 aliphatic rings. The van der Waals surface area contributed by atoms with E-state index < -0.39 is 0 Å². The summed E-state index contributed by atoms with van der Waals surface area (Å²) < 4.78 is 0.945. The van der Waals surface area contributed by atoms with Gasteiger partial charge in [-0.1, -0.05) is 28.1 Å². The Bertz CT molecular complexity index is 424. The second-order valence-electron chi connectivity index (χ2n) is 4.27. The van der Waals surface area contributed by atoms with Gasteiger partial charge in [-0.15, -0.1) is 0 Å². The largest absolute Gasteiger partial charge is 0.353 e. The highest BCUT2D eigenvalue weighted by molar-refractivity contribution is 9.10. The summed E-state index contributed by atoms with van der Waals surface area (Å²) >= 11 is 3.32. The lowest BCUT2D eigenvalue weighted by molar-refractivity contribution is -0.121. The Labute approximate surface area is 109 Å². The van der Waals surface area contributed by atoms with Gasteiger partial charge in [-0.3, -0.25) is 9.59 Å². The summed E-state index contributed by atoms with van der Waals surface area (Å²) in [5.74, 6) is 0.00130. The van der Waals surface area contributed by atoms with Crippen LogP contribution in [0.15, 0.2) is 28.7 Å². The molecule has 3 nitrogen and oxygen atoms in total. The van der Waals surface area contributed by atoms with Crippen LogP contribution in [0, 0.1) is 0 Å². The molecule has 4 heteroatoms. The zero-order valence-corrected chi connectivity index (χ0v) is 11.0. The summed E-state index contributed by atoms with van der Waals surface area (Å²) in [7, 11) is 0. The van der Waals surface area contributed by atoms with Crippen molar-refractivity contribution in [2.24, 2.45) is 0 Å². The van der Waals surface area contributed by atoms with Crippen LogP contribution in [-0.2, 0) is 4.79 Å². The number of halogens is 1. The molecule has 0 aliphatic heterocycles. The van der Waals surface area contributed by atoms with Crippen molar-refractivity contribution in [3.05, 3.63) is 34.3 Å². The highest BCUT2D eigenvalue weighted by Gasteiger charge is 2.23. The van der Waals surface area contributed by atoms with E-state index in [4.69, 9.17) is 0 Å². The Morgan fingerprint density at radius 1 is 1.18 bits per heavy atom. The number of Topliss-reactive ketones (excluding diaryl/α,β-unsaturated/α-hetero) is 1. The molecular weight excluding hydrogens is 282 g/mol. The summed E-state index contributed by atoms with van der Waals surface area (Å²) in [6, 6.07) is 7.57. The van der Waals surface area contributed by atoms with Crippen molar-refractivity contribution < 1.29 is 9.59 Å². The van der Waals surface area contributed by atoms with Crippen LogP contribution in [0.25, 0.3) is 0 Å². The van der Waals surface area contributed by atoms with Gasteiger partial charge < -0.3 is 5.32 Å². The molecule has 1 aromatic carbocycles. The van der Waals surface area contributed by atoms with Gasteiger partial charge in [0.15, 0.2) is 5.78 Å². The van der Waals surface area contributed by atoms with Crippen LogP contribution in [0.1, 0.15) is 36.0 Å². The van der Waals surface area contributed by atoms with E-state index in [1.54, 1.807) is 12.1 Å². The van der Waals surface area contributed by atoms with Gasteiger partial charge in [0, 0.05) is 28.9 Å². The first-order chi connectivity index (χ1) is 8.15. The fraction of sp³-hybridized carbons (Fsp3) is 0.385. The summed E-state index contributed by atoms with van der Waals surface area (Å²) in [5, 5.41) is 2.87. The Morgan fingerprint density at radius 3 is 2.41 bits per heavy atom. The minimum Gasteiger partial charge on any atom is -0.353 e. The summed E-state index contributed by atoms with van der Waals surface area (Å²) in [6.45, 7) is 0. The van der Waals surface area contributed by atoms with Crippen molar-refractivity contribution in [3.63, 3.8) is 0 Å². The molecule has 1 aliphatic carbocycles. The highest BCUT2D eigenvalue weighted by atomic mass is 79.9. The minimum absolute atomic E-state index is 0.0158. The van der Waals surface area contributed by atoms with Gasteiger partial charge >= 0.3 is 0 Å². The monoisotopic (exact) mass is 295 g/mol. The van der Waals surface area contributed by atoms with E-state index in [-0.39, 0.29) is 24.5 Å². The smallest absolute Gasteiger partial charge is 0.220 e. The second kappa shape index (κ2) is 5.45. The fourth-order valence-corrected chi connectivity index (χ4v) is 1.80. The molecule has 0 spiro atoms. The first-order valence-electron chi connectivity index (χ1n) is 5.73. The average Bonchev–Trinajstić information content (AvgIpc) is 3.11. The van der Waals surface area contributed by atoms with Crippen LogP contribution < -0.4 is 5.32 Å². The van der Waals surface area contributed by atoms with Gasteiger partial charge in [-0.25, -0.2) is 0 Å². The van der Waals surface area contributed by atoms with E-state index >= 15 is 0 Å². The molecule has 0 heterocycles. The van der Waals surface area contributed by atoms with Crippen LogP contribution in [-0.4, -0.2) is 17.7 Å². The zero-order chi connectivity index (χ0) is 12.3. The van der Waals surface area contributed by atoms with E-state index in [0.29, 0.717) is 11.6 Å². The van der Waals surface area contributed by atoms with Gasteiger partial charge in [0.05, 0.1) is 0 Å². The second-order valence-corrected chi connectivity index (χ2v) is 5.19. The first kappa shape index (κ1) is 12.3. The van der Waals surface area contributed by atoms with E-state index in [0.717, 1.165) is 17.3 Å². The maximum Gasteiger partial charge on any atom is 0.220 e. The van der Waals surface area contributed by atoms with Crippen LogP contribution in [0.4, 0.5) is 0 Å². The lowest BCUT2D eigenvalue weighted by Gasteiger charge is -2.03. The molecule has 17 heavy (non-hydrogen) atoms. The topological polar surface area (TPSA) is 46.2 Å². The Kier molecular flexibility index (Phi) is 3.94. The van der Waals surface area contributed by atoms with E-state index in [9.17, 15) is 9.59 Å². The SMILES string of the molecule is O=C(CCC(=O)c1ccc(Br)cc1)NC1CC1. The highest BCUT2D eigenvalue weighted by Crippen LogP contribution is 2.19. The molecular formula is C13H14BrNO2. The maximum atomic E-state index is 11.8. The third-order valence-electron chi connectivity index (χ3n) is 2.69. The van der Waals surface area contributed by atoms with Crippen molar-refractivity contribution in [2.45, 2.75) is 31.7 Å². The third-order valence-corrected chi connectivity index (χ3v) is 3.22. The molecule has 0 atom stereocenters. The fourth-order valence-electron chi connectivity index (χ4n) is 1.53. The number of benzene rings is 1. The molecule has 2 rings (SSSR count). The standard InChI is InChI=1S/C13H14BrNO2/c14-10-3-1-9(2-4-10)12(16)7-8-13(17)15-11-5-6-11/h1-4,11H,5-8H2,(H,15,17). The number of ketones is 1. The van der Waals surface area contributed by atoms with E-state index in [1.807, 2.05) is 12.1 Å². The van der Waals surface area contributed by atoms with Crippen LogP contribution in [0.5, 0.6) is 0 Å². The van der Waals surface area contributed by atoms with E-state index in [1.165, 1.54) is 0 Å². The normalized spacial score (nSPS) is 14.4. The lowest BCUT2D eigenvalue weighted by Crippen LogP contribution is -2.25. The van der Waals surface area contributed by atoms with Gasteiger partial charge in [0.25, 0.3) is 0 Å². The predicted molar refractivity (Wildman–Crippen MR) is 68.9 cm³/mol. The molecule has 90 valence electrons. The van der Waals surface area contributed by atoms with Crippen LogP contribution in [0.2, 0.25) is 0 Å². The molecule has 1 saturated carbocycles. The Morgan fingerprint density at radius 2 is 1.82 bits per heavy atom. The van der Waals surface area contributed by atoms with Crippen molar-refractivity contribution in [1.82, 2.24) is 5.32 Å².